The topological polar surface area (TPSA) is 74.7 Å². The van der Waals surface area contributed by atoms with E-state index < -0.39 is 57.9 Å². The summed E-state index contributed by atoms with van der Waals surface area (Å²) in [6, 6.07) is -0.464. The Morgan fingerprint density at radius 2 is 1.73 bits per heavy atom. The predicted octanol–water partition coefficient (Wildman–Crippen LogP) is 6.32. The number of sulfonamides is 1. The quantitative estimate of drug-likeness (QED) is 0.238. The third-order valence-electron chi connectivity index (χ3n) is 9.30. The van der Waals surface area contributed by atoms with Gasteiger partial charge in [0.2, 0.25) is 10.0 Å². The van der Waals surface area contributed by atoms with Gasteiger partial charge in [0, 0.05) is 23.9 Å². The van der Waals surface area contributed by atoms with Crippen molar-refractivity contribution >= 4 is 27.6 Å². The van der Waals surface area contributed by atoms with Crippen LogP contribution >= 0.6 is 11.6 Å². The van der Waals surface area contributed by atoms with Crippen molar-refractivity contribution in [3.63, 3.8) is 0 Å². The first-order chi connectivity index (χ1) is 17.3. The van der Waals surface area contributed by atoms with Gasteiger partial charge in [-0.25, -0.2) is 12.8 Å². The summed E-state index contributed by atoms with van der Waals surface area (Å²) in [5, 5.41) is 8.26. The van der Waals surface area contributed by atoms with Gasteiger partial charge in [0.15, 0.2) is 0 Å². The summed E-state index contributed by atoms with van der Waals surface area (Å²) in [5.74, 6) is -4.17. The van der Waals surface area contributed by atoms with Gasteiger partial charge < -0.3 is 5.11 Å². The molecule has 0 spiro atoms. The third-order valence-corrected chi connectivity index (χ3v) is 12.1. The first-order valence-corrected chi connectivity index (χ1v) is 15.5. The Hall–Kier alpha value is -0.870. The summed E-state index contributed by atoms with van der Waals surface area (Å²) in [5.41, 5.74) is 0.865. The third kappa shape index (κ3) is 6.32. The molecule has 37 heavy (non-hydrogen) atoms. The minimum atomic E-state index is -4.45. The Balaban J connectivity index is 1.57. The molecule has 1 heterocycles. The van der Waals surface area contributed by atoms with Crippen LogP contribution < -0.4 is 0 Å². The van der Waals surface area contributed by atoms with Crippen LogP contribution in [0.1, 0.15) is 77.6 Å². The molecule has 4 rings (SSSR count). The molecule has 4 aliphatic rings. The molecular formula is C26H38ClF4NO4S. The van der Waals surface area contributed by atoms with Gasteiger partial charge in [0.25, 0.3) is 0 Å². The molecule has 0 radical (unpaired) electrons. The molecule has 0 aromatic rings. The molecule has 1 aliphatic heterocycles. The van der Waals surface area contributed by atoms with Crippen molar-refractivity contribution in [3.8, 4) is 0 Å². The lowest BCUT2D eigenvalue weighted by atomic mass is 9.71. The number of fused-ring (bicyclic) bond motifs is 1. The van der Waals surface area contributed by atoms with Crippen LogP contribution in [-0.4, -0.2) is 59.4 Å². The van der Waals surface area contributed by atoms with E-state index in [1.165, 1.54) is 4.31 Å². The summed E-state index contributed by atoms with van der Waals surface area (Å²) in [6.07, 6.45) is 0.460. The van der Waals surface area contributed by atoms with E-state index in [4.69, 9.17) is 11.6 Å². The molecule has 9 unspecified atom stereocenters. The van der Waals surface area contributed by atoms with Crippen molar-refractivity contribution in [1.82, 2.24) is 4.31 Å². The smallest absolute Gasteiger partial charge is 0.391 e. The van der Waals surface area contributed by atoms with Crippen molar-refractivity contribution in [2.75, 3.05) is 6.54 Å². The number of halogens is 5. The van der Waals surface area contributed by atoms with E-state index in [1.54, 1.807) is 0 Å². The number of alkyl halides is 5. The summed E-state index contributed by atoms with van der Waals surface area (Å²) in [7, 11) is -4.14. The van der Waals surface area contributed by atoms with Gasteiger partial charge in [0.05, 0.1) is 17.1 Å². The first kappa shape index (κ1) is 29.1. The molecular weight excluding hydrogens is 534 g/mol. The van der Waals surface area contributed by atoms with Gasteiger partial charge in [-0.05, 0) is 83.0 Å². The highest BCUT2D eigenvalue weighted by molar-refractivity contribution is 7.89. The zero-order valence-electron chi connectivity index (χ0n) is 21.2. The van der Waals surface area contributed by atoms with E-state index in [0.717, 1.165) is 24.8 Å². The number of allylic oxidation sites excluding steroid dienone is 2. The monoisotopic (exact) mass is 571 g/mol. The van der Waals surface area contributed by atoms with E-state index in [-0.39, 0.29) is 48.9 Å². The van der Waals surface area contributed by atoms with E-state index in [0.29, 0.717) is 25.7 Å². The fraction of sp³-hybridized carbons (Fsp3) is 0.885. The molecule has 0 aromatic carbocycles. The Labute approximate surface area is 222 Å². The molecule has 1 N–H and O–H groups in total. The second-order valence-corrected chi connectivity index (χ2v) is 14.4. The zero-order chi connectivity index (χ0) is 27.1. The molecule has 4 fully saturated rings. The van der Waals surface area contributed by atoms with Crippen LogP contribution in [-0.2, 0) is 14.8 Å². The summed E-state index contributed by atoms with van der Waals surface area (Å²) in [6.45, 7) is 1.67. The van der Waals surface area contributed by atoms with Gasteiger partial charge in [-0.2, -0.15) is 17.5 Å². The maximum Gasteiger partial charge on any atom is 0.391 e. The molecule has 212 valence electrons. The van der Waals surface area contributed by atoms with Crippen LogP contribution in [0.4, 0.5) is 17.6 Å². The number of carboxylic acids is 1. The highest BCUT2D eigenvalue weighted by atomic mass is 35.5. The SMILES string of the molecule is C/C(=C\C1CCC2CC(C(=O)O)CN(S(=O)(=O)C3CCCC(C(F)(F)F)C3)C2C1)C1C(F)CCCC1Cl. The van der Waals surface area contributed by atoms with Crippen molar-refractivity contribution < 1.29 is 35.9 Å². The highest BCUT2D eigenvalue weighted by Gasteiger charge is 2.51. The van der Waals surface area contributed by atoms with Crippen molar-refractivity contribution in [2.45, 2.75) is 107 Å². The predicted molar refractivity (Wildman–Crippen MR) is 133 cm³/mol. The normalized spacial score (nSPS) is 40.7. The molecule has 5 nitrogen and oxygen atoms in total. The van der Waals surface area contributed by atoms with Crippen molar-refractivity contribution in [2.24, 2.45) is 29.6 Å². The van der Waals surface area contributed by atoms with E-state index in [9.17, 15) is 35.9 Å². The standard InChI is InChI=1S/C26H38ClF4NO4S/c1-15(24-21(27)6-3-7-22(24)28)10-16-8-9-17-12-18(25(33)34)14-32(23(17)11-16)37(35,36)20-5-2-4-19(13-20)26(29,30)31/h10,16-24H,2-9,11-14H2,1H3,(H,33,34)/b15-10+. The van der Waals surface area contributed by atoms with Gasteiger partial charge in [-0.3, -0.25) is 4.79 Å². The van der Waals surface area contributed by atoms with Gasteiger partial charge in [-0.15, -0.1) is 11.6 Å². The average Bonchev–Trinajstić information content (AvgIpc) is 2.82. The summed E-state index contributed by atoms with van der Waals surface area (Å²) >= 11 is 6.46. The molecule has 9 atom stereocenters. The van der Waals surface area contributed by atoms with Crippen LogP contribution in [0.25, 0.3) is 0 Å². The number of carbonyl (C=O) groups is 1. The Morgan fingerprint density at radius 1 is 1.03 bits per heavy atom. The van der Waals surface area contributed by atoms with E-state index in [2.05, 4.69) is 0 Å². The molecule has 0 amide bonds. The van der Waals surface area contributed by atoms with Crippen molar-refractivity contribution in [1.29, 1.82) is 0 Å². The van der Waals surface area contributed by atoms with Crippen LogP contribution in [0.2, 0.25) is 0 Å². The second kappa shape index (κ2) is 11.3. The van der Waals surface area contributed by atoms with Crippen LogP contribution in [0.5, 0.6) is 0 Å². The number of hydrogen-bond acceptors (Lipinski definition) is 3. The number of hydrogen-bond donors (Lipinski definition) is 1. The molecule has 0 bridgehead atoms. The molecule has 3 aliphatic carbocycles. The maximum atomic E-state index is 14.7. The molecule has 11 heteroatoms. The Bertz CT molecular complexity index is 964. The Kier molecular flexibility index (Phi) is 8.91. The average molecular weight is 572 g/mol. The largest absolute Gasteiger partial charge is 0.481 e. The minimum absolute atomic E-state index is 0.0207. The zero-order valence-corrected chi connectivity index (χ0v) is 22.7. The molecule has 3 saturated carbocycles. The van der Waals surface area contributed by atoms with Crippen LogP contribution in [0.15, 0.2) is 11.6 Å². The summed E-state index contributed by atoms with van der Waals surface area (Å²) < 4.78 is 83.8. The van der Waals surface area contributed by atoms with Gasteiger partial charge >= 0.3 is 12.1 Å². The fourth-order valence-electron chi connectivity index (χ4n) is 7.34. The van der Waals surface area contributed by atoms with E-state index in [1.807, 2.05) is 13.0 Å². The van der Waals surface area contributed by atoms with Gasteiger partial charge in [0.1, 0.15) is 6.17 Å². The number of rotatable bonds is 5. The number of piperidine rings is 1. The van der Waals surface area contributed by atoms with Gasteiger partial charge in [-0.1, -0.05) is 18.1 Å². The summed E-state index contributed by atoms with van der Waals surface area (Å²) in [4.78, 5) is 11.9. The number of nitrogens with zero attached hydrogens (tertiary/aromatic N) is 1. The first-order valence-electron chi connectivity index (χ1n) is 13.6. The maximum absolute atomic E-state index is 14.7. The minimum Gasteiger partial charge on any atom is -0.481 e. The van der Waals surface area contributed by atoms with Crippen LogP contribution in [0.3, 0.4) is 0 Å². The number of carboxylic acid groups (broad SMARTS) is 1. The lowest BCUT2D eigenvalue weighted by Crippen LogP contribution is -2.57. The molecule has 1 saturated heterocycles. The lowest BCUT2D eigenvalue weighted by Gasteiger charge is -2.48. The highest BCUT2D eigenvalue weighted by Crippen LogP contribution is 2.46. The van der Waals surface area contributed by atoms with Crippen molar-refractivity contribution in [3.05, 3.63) is 11.6 Å². The lowest BCUT2D eigenvalue weighted by molar-refractivity contribution is -0.181. The Morgan fingerprint density at radius 3 is 2.38 bits per heavy atom. The molecule has 0 aromatic heterocycles. The van der Waals surface area contributed by atoms with Crippen LogP contribution in [0, 0.1) is 29.6 Å². The number of aliphatic carboxylic acids is 1. The van der Waals surface area contributed by atoms with E-state index >= 15 is 0 Å². The fourth-order valence-corrected chi connectivity index (χ4v) is 10.2. The second-order valence-electron chi connectivity index (χ2n) is 11.7.